The average molecular weight is 386 g/mol. The lowest BCUT2D eigenvalue weighted by atomic mass is 10.3. The van der Waals surface area contributed by atoms with Crippen molar-refractivity contribution in [2.75, 3.05) is 26.2 Å². The summed E-state index contributed by atoms with van der Waals surface area (Å²) in [6.45, 7) is 7.72. The number of aromatic amines is 1. The summed E-state index contributed by atoms with van der Waals surface area (Å²) in [4.78, 5) is 21.7. The van der Waals surface area contributed by atoms with Crippen molar-refractivity contribution in [3.8, 4) is 0 Å². The Morgan fingerprint density at radius 1 is 1.40 bits per heavy atom. The molecule has 0 aliphatic carbocycles. The van der Waals surface area contributed by atoms with Crippen LogP contribution in [0.4, 0.5) is 0 Å². The molecule has 0 radical (unpaired) electrons. The summed E-state index contributed by atoms with van der Waals surface area (Å²) >= 11 is 2.23. The quantitative estimate of drug-likeness (QED) is 0.749. The van der Waals surface area contributed by atoms with E-state index in [0.29, 0.717) is 12.4 Å². The van der Waals surface area contributed by atoms with E-state index in [1.165, 1.54) is 0 Å². The van der Waals surface area contributed by atoms with E-state index in [2.05, 4.69) is 56.6 Å². The van der Waals surface area contributed by atoms with Crippen molar-refractivity contribution in [1.82, 2.24) is 20.2 Å². The highest BCUT2D eigenvalue weighted by Gasteiger charge is 2.11. The van der Waals surface area contributed by atoms with E-state index in [1.54, 1.807) is 0 Å². The molecule has 20 heavy (non-hydrogen) atoms. The number of nitrogens with one attached hydrogen (secondary N) is 2. The number of hydrogen-bond acceptors (Lipinski definition) is 3. The van der Waals surface area contributed by atoms with Gasteiger partial charge in [0.15, 0.2) is 5.82 Å². The highest BCUT2D eigenvalue weighted by atomic mass is 127. The second kappa shape index (κ2) is 7.03. The van der Waals surface area contributed by atoms with Crippen molar-refractivity contribution in [1.29, 1.82) is 0 Å². The summed E-state index contributed by atoms with van der Waals surface area (Å²) in [6.07, 6.45) is 0. The maximum absolute atomic E-state index is 12.0. The number of aromatic nitrogens is 2. The van der Waals surface area contributed by atoms with Crippen molar-refractivity contribution in [2.24, 2.45) is 0 Å². The second-order valence-corrected chi connectivity index (χ2v) is 5.78. The Hall–Kier alpha value is -1.15. The van der Waals surface area contributed by atoms with Gasteiger partial charge in [-0.25, -0.2) is 4.98 Å². The number of imidazole rings is 1. The number of rotatable bonds is 6. The smallest absolute Gasteiger partial charge is 0.287 e. The molecule has 0 atom stereocenters. The van der Waals surface area contributed by atoms with Crippen LogP contribution in [0.2, 0.25) is 0 Å². The molecule has 1 aromatic carbocycles. The number of H-pyrrole nitrogens is 1. The maximum Gasteiger partial charge on any atom is 0.287 e. The number of halogens is 1. The number of carbonyl (C=O) groups is 1. The number of fused-ring (bicyclic) bond motifs is 1. The van der Waals surface area contributed by atoms with E-state index in [4.69, 9.17) is 0 Å². The van der Waals surface area contributed by atoms with E-state index in [1.807, 2.05) is 18.2 Å². The highest BCUT2D eigenvalue weighted by Crippen LogP contribution is 2.15. The number of amides is 1. The molecule has 1 amide bonds. The summed E-state index contributed by atoms with van der Waals surface area (Å²) in [6, 6.07) is 5.89. The van der Waals surface area contributed by atoms with Gasteiger partial charge in [0.2, 0.25) is 0 Å². The summed E-state index contributed by atoms with van der Waals surface area (Å²) < 4.78 is 1.11. The Morgan fingerprint density at radius 2 is 2.15 bits per heavy atom. The molecule has 0 unspecified atom stereocenters. The van der Waals surface area contributed by atoms with E-state index in [0.717, 1.165) is 34.2 Å². The lowest BCUT2D eigenvalue weighted by Crippen LogP contribution is -2.35. The maximum atomic E-state index is 12.0. The first-order valence-electron chi connectivity index (χ1n) is 6.79. The van der Waals surface area contributed by atoms with Crippen LogP contribution in [0.25, 0.3) is 11.0 Å². The third-order valence-electron chi connectivity index (χ3n) is 3.27. The number of benzene rings is 1. The number of likely N-dealkylation sites (N-methyl/N-ethyl adjacent to an activating group) is 1. The van der Waals surface area contributed by atoms with Crippen LogP contribution in [0.1, 0.15) is 24.5 Å². The topological polar surface area (TPSA) is 61.0 Å². The van der Waals surface area contributed by atoms with Crippen molar-refractivity contribution in [3.05, 3.63) is 27.6 Å². The molecule has 108 valence electrons. The van der Waals surface area contributed by atoms with E-state index >= 15 is 0 Å². The van der Waals surface area contributed by atoms with Gasteiger partial charge in [0, 0.05) is 16.7 Å². The molecule has 2 N–H and O–H groups in total. The monoisotopic (exact) mass is 386 g/mol. The van der Waals surface area contributed by atoms with Crippen LogP contribution in [0.3, 0.4) is 0 Å². The summed E-state index contributed by atoms with van der Waals surface area (Å²) in [5, 5.41) is 2.90. The summed E-state index contributed by atoms with van der Waals surface area (Å²) in [5.41, 5.74) is 1.71. The van der Waals surface area contributed by atoms with E-state index in [9.17, 15) is 4.79 Å². The summed E-state index contributed by atoms with van der Waals surface area (Å²) in [5.74, 6) is 0.227. The normalized spacial score (nSPS) is 11.2. The first-order chi connectivity index (χ1) is 9.63. The Labute approximate surface area is 132 Å². The molecule has 0 saturated heterocycles. The molecule has 6 heteroatoms. The van der Waals surface area contributed by atoms with Gasteiger partial charge < -0.3 is 15.2 Å². The largest absolute Gasteiger partial charge is 0.348 e. The van der Waals surface area contributed by atoms with Gasteiger partial charge >= 0.3 is 0 Å². The average Bonchev–Trinajstić information content (AvgIpc) is 2.86. The third kappa shape index (κ3) is 3.69. The summed E-state index contributed by atoms with van der Waals surface area (Å²) in [7, 11) is 0. The SMILES string of the molecule is CCN(CC)CCNC(=O)c1nc2cc(I)ccc2[nH]1. The minimum absolute atomic E-state index is 0.150. The fraction of sp³-hybridized carbons (Fsp3) is 0.429. The molecular weight excluding hydrogens is 367 g/mol. The lowest BCUT2D eigenvalue weighted by Gasteiger charge is -2.17. The van der Waals surface area contributed by atoms with Crippen LogP contribution >= 0.6 is 22.6 Å². The fourth-order valence-corrected chi connectivity index (χ4v) is 2.51. The molecule has 0 aliphatic heterocycles. The molecule has 5 nitrogen and oxygen atoms in total. The number of hydrogen-bond donors (Lipinski definition) is 2. The lowest BCUT2D eigenvalue weighted by molar-refractivity contribution is 0.0940. The van der Waals surface area contributed by atoms with Crippen LogP contribution in [-0.2, 0) is 0 Å². The van der Waals surface area contributed by atoms with Gasteiger partial charge in [-0.3, -0.25) is 4.79 Å². The van der Waals surface area contributed by atoms with Crippen molar-refractivity contribution >= 4 is 39.5 Å². The number of carbonyl (C=O) groups excluding carboxylic acids is 1. The van der Waals surface area contributed by atoms with Crippen molar-refractivity contribution in [3.63, 3.8) is 0 Å². The Morgan fingerprint density at radius 3 is 2.85 bits per heavy atom. The van der Waals surface area contributed by atoms with E-state index < -0.39 is 0 Å². The van der Waals surface area contributed by atoms with Gasteiger partial charge in [-0.1, -0.05) is 13.8 Å². The number of nitrogens with zero attached hydrogens (tertiary/aromatic N) is 2. The first-order valence-corrected chi connectivity index (χ1v) is 7.87. The minimum atomic E-state index is -0.150. The standard InChI is InChI=1S/C14H19IN4O/c1-3-19(4-2)8-7-16-14(20)13-17-11-6-5-10(15)9-12(11)18-13/h5-6,9H,3-4,7-8H2,1-2H3,(H,16,20)(H,17,18). The molecular formula is C14H19IN4O. The van der Waals surface area contributed by atoms with Gasteiger partial charge in [0.05, 0.1) is 11.0 Å². The van der Waals surface area contributed by atoms with Crippen LogP contribution in [-0.4, -0.2) is 47.0 Å². The Bertz CT molecular complexity index is 592. The predicted molar refractivity (Wildman–Crippen MR) is 88.9 cm³/mol. The second-order valence-electron chi connectivity index (χ2n) is 4.53. The Balaban J connectivity index is 1.97. The van der Waals surface area contributed by atoms with Crippen LogP contribution in [0, 0.1) is 3.57 Å². The van der Waals surface area contributed by atoms with Gasteiger partial charge in [-0.15, -0.1) is 0 Å². The molecule has 1 heterocycles. The zero-order valence-corrected chi connectivity index (χ0v) is 13.9. The molecule has 0 bridgehead atoms. The molecule has 2 rings (SSSR count). The van der Waals surface area contributed by atoms with E-state index in [-0.39, 0.29) is 5.91 Å². The Kier molecular flexibility index (Phi) is 5.36. The van der Waals surface area contributed by atoms with Crippen LogP contribution in [0.5, 0.6) is 0 Å². The van der Waals surface area contributed by atoms with Gasteiger partial charge in [-0.05, 0) is 53.9 Å². The van der Waals surface area contributed by atoms with Crippen LogP contribution in [0.15, 0.2) is 18.2 Å². The molecule has 0 spiro atoms. The van der Waals surface area contributed by atoms with Gasteiger partial charge in [0.25, 0.3) is 5.91 Å². The fourth-order valence-electron chi connectivity index (χ4n) is 2.04. The van der Waals surface area contributed by atoms with Crippen molar-refractivity contribution in [2.45, 2.75) is 13.8 Å². The minimum Gasteiger partial charge on any atom is -0.348 e. The first kappa shape index (κ1) is 15.2. The van der Waals surface area contributed by atoms with Gasteiger partial charge in [0.1, 0.15) is 0 Å². The molecule has 0 saturated carbocycles. The zero-order valence-electron chi connectivity index (χ0n) is 11.7. The third-order valence-corrected chi connectivity index (χ3v) is 3.94. The highest BCUT2D eigenvalue weighted by molar-refractivity contribution is 14.1. The van der Waals surface area contributed by atoms with Gasteiger partial charge in [-0.2, -0.15) is 0 Å². The molecule has 1 aromatic heterocycles. The van der Waals surface area contributed by atoms with Crippen molar-refractivity contribution < 1.29 is 4.79 Å². The molecule has 2 aromatic rings. The molecule has 0 fully saturated rings. The predicted octanol–water partition coefficient (Wildman–Crippen LogP) is 2.24. The molecule has 0 aliphatic rings. The van der Waals surface area contributed by atoms with Crippen LogP contribution < -0.4 is 5.32 Å². The zero-order chi connectivity index (χ0) is 14.5.